The molecule has 6 rings (SSSR count). The number of esters is 1. The number of carbonyl (C=O) groups is 1. The van der Waals surface area contributed by atoms with Crippen molar-refractivity contribution in [1.82, 2.24) is 9.55 Å². The van der Waals surface area contributed by atoms with E-state index in [1.54, 1.807) is 43.0 Å². The van der Waals surface area contributed by atoms with Crippen molar-refractivity contribution in [2.45, 2.75) is 12.3 Å². The lowest BCUT2D eigenvalue weighted by atomic mass is 9.85. The first-order valence-corrected chi connectivity index (χ1v) is 14.3. The average molecular weight is 589 g/mol. The van der Waals surface area contributed by atoms with Gasteiger partial charge in [-0.15, -0.1) is 0 Å². The lowest BCUT2D eigenvalue weighted by Gasteiger charge is -2.22. The number of aromatic nitrogens is 2. The molecule has 2 heterocycles. The van der Waals surface area contributed by atoms with Gasteiger partial charge in [0.1, 0.15) is 22.8 Å². The van der Waals surface area contributed by atoms with Crippen molar-refractivity contribution in [3.63, 3.8) is 0 Å². The fraction of sp³-hybridized carbons (Fsp3) is 0.167. The van der Waals surface area contributed by atoms with Crippen LogP contribution in [-0.2, 0) is 18.2 Å². The molecule has 0 saturated carbocycles. The molecule has 0 radical (unpaired) electrons. The van der Waals surface area contributed by atoms with E-state index >= 15 is 0 Å². The summed E-state index contributed by atoms with van der Waals surface area (Å²) in [5.41, 5.74) is 4.17. The van der Waals surface area contributed by atoms with Crippen LogP contribution in [0.4, 0.5) is 0 Å². The summed E-state index contributed by atoms with van der Waals surface area (Å²) in [6, 6.07) is 29.5. The third kappa shape index (κ3) is 5.04. The van der Waals surface area contributed by atoms with Crippen LogP contribution in [0.1, 0.15) is 38.7 Å². The molecule has 0 amide bonds. The number of nitrogens with one attached hydrogen (secondary N) is 1. The molecule has 1 unspecified atom stereocenters. The van der Waals surface area contributed by atoms with Crippen LogP contribution in [-0.4, -0.2) is 41.5 Å². The quantitative estimate of drug-likeness (QED) is 0.192. The van der Waals surface area contributed by atoms with Crippen molar-refractivity contribution >= 4 is 27.8 Å². The second-order valence-electron chi connectivity index (χ2n) is 10.5. The summed E-state index contributed by atoms with van der Waals surface area (Å²) in [5.74, 6) is -0.124. The maximum atomic E-state index is 14.0. The van der Waals surface area contributed by atoms with E-state index in [2.05, 4.69) is 4.98 Å². The highest BCUT2D eigenvalue weighted by Crippen LogP contribution is 2.41. The normalized spacial score (nSPS) is 11.9. The largest absolute Gasteiger partial charge is 0.507 e. The Morgan fingerprint density at radius 2 is 1.55 bits per heavy atom. The average Bonchev–Trinajstić information content (AvgIpc) is 3.43. The zero-order valence-corrected chi connectivity index (χ0v) is 24.7. The molecule has 0 aliphatic carbocycles. The Bertz CT molecular complexity index is 2040. The number of H-pyrrole nitrogens is 1. The molecule has 0 bridgehead atoms. The number of nitrogens with zero attached hydrogens (tertiary/aromatic N) is 1. The molecule has 8 heteroatoms. The van der Waals surface area contributed by atoms with E-state index in [4.69, 9.17) is 14.2 Å². The topological polar surface area (TPSA) is 103 Å². The highest BCUT2D eigenvalue weighted by Gasteiger charge is 2.30. The number of carbonyl (C=O) groups excluding carboxylic acids is 1. The summed E-state index contributed by atoms with van der Waals surface area (Å²) < 4.78 is 18.0. The molecular formula is C36H32N2O6. The zero-order valence-electron chi connectivity index (χ0n) is 24.7. The summed E-state index contributed by atoms with van der Waals surface area (Å²) in [4.78, 5) is 30.6. The molecule has 0 fully saturated rings. The highest BCUT2D eigenvalue weighted by atomic mass is 16.5. The lowest BCUT2D eigenvalue weighted by Crippen LogP contribution is -2.25. The van der Waals surface area contributed by atoms with Gasteiger partial charge in [-0.2, -0.15) is 0 Å². The van der Waals surface area contributed by atoms with E-state index in [1.165, 1.54) is 7.11 Å². The van der Waals surface area contributed by atoms with Crippen LogP contribution < -0.4 is 15.0 Å². The zero-order chi connectivity index (χ0) is 30.8. The lowest BCUT2D eigenvalue weighted by molar-refractivity contribution is 0.0505. The fourth-order valence-corrected chi connectivity index (χ4v) is 5.91. The first-order chi connectivity index (χ1) is 21.4. The minimum absolute atomic E-state index is 0.0725. The Kier molecular flexibility index (Phi) is 7.81. The summed E-state index contributed by atoms with van der Waals surface area (Å²) >= 11 is 0. The molecular weight excluding hydrogens is 556 g/mol. The fourth-order valence-electron chi connectivity index (χ4n) is 5.91. The van der Waals surface area contributed by atoms with E-state index in [0.29, 0.717) is 34.4 Å². The second kappa shape index (κ2) is 12.0. The molecule has 2 N–H and O–H groups in total. The maximum Gasteiger partial charge on any atom is 0.341 e. The number of aromatic hydroxyl groups is 1. The van der Waals surface area contributed by atoms with Gasteiger partial charge in [-0.05, 0) is 53.6 Å². The van der Waals surface area contributed by atoms with Gasteiger partial charge in [-0.25, -0.2) is 4.79 Å². The smallest absolute Gasteiger partial charge is 0.341 e. The number of hydrogen-bond acceptors (Lipinski definition) is 6. The molecule has 0 aliphatic heterocycles. The predicted octanol–water partition coefficient (Wildman–Crippen LogP) is 6.32. The van der Waals surface area contributed by atoms with E-state index in [-0.39, 0.29) is 23.5 Å². The van der Waals surface area contributed by atoms with Crippen molar-refractivity contribution in [2.75, 3.05) is 20.8 Å². The van der Waals surface area contributed by atoms with Gasteiger partial charge in [0.2, 0.25) is 0 Å². The monoisotopic (exact) mass is 588 g/mol. The molecule has 8 nitrogen and oxygen atoms in total. The van der Waals surface area contributed by atoms with Crippen molar-refractivity contribution in [3.05, 3.63) is 135 Å². The third-order valence-corrected chi connectivity index (χ3v) is 8.10. The molecule has 6 aromatic rings. The van der Waals surface area contributed by atoms with Gasteiger partial charge in [0.05, 0.1) is 37.8 Å². The number of methoxy groups -OCH3 is 2. The Balaban J connectivity index is 1.50. The van der Waals surface area contributed by atoms with Gasteiger partial charge >= 0.3 is 5.97 Å². The minimum Gasteiger partial charge on any atom is -0.507 e. The van der Waals surface area contributed by atoms with E-state index in [0.717, 1.165) is 27.7 Å². The van der Waals surface area contributed by atoms with Crippen LogP contribution in [0.5, 0.6) is 17.2 Å². The van der Waals surface area contributed by atoms with Crippen molar-refractivity contribution in [3.8, 4) is 17.2 Å². The summed E-state index contributed by atoms with van der Waals surface area (Å²) in [7, 11) is 4.82. The maximum absolute atomic E-state index is 14.0. The number of benzene rings is 4. The molecule has 1 atom stereocenters. The van der Waals surface area contributed by atoms with Crippen LogP contribution in [0, 0.1) is 0 Å². The number of para-hydroxylation sites is 3. The molecule has 4 aromatic carbocycles. The first-order valence-electron chi connectivity index (χ1n) is 14.3. The Morgan fingerprint density at radius 1 is 0.864 bits per heavy atom. The summed E-state index contributed by atoms with van der Waals surface area (Å²) in [6.45, 7) is 0.0861. The number of fused-ring (bicyclic) bond motifs is 2. The van der Waals surface area contributed by atoms with Crippen LogP contribution in [0.25, 0.3) is 21.8 Å². The van der Waals surface area contributed by atoms with Crippen LogP contribution in [0.2, 0.25) is 0 Å². The Hall–Kier alpha value is -5.50. The van der Waals surface area contributed by atoms with Gasteiger partial charge in [-0.3, -0.25) is 4.79 Å². The molecule has 222 valence electrons. The van der Waals surface area contributed by atoms with Crippen LogP contribution in [0.15, 0.2) is 102 Å². The molecule has 0 aliphatic rings. The van der Waals surface area contributed by atoms with Crippen LogP contribution in [0.3, 0.4) is 0 Å². The van der Waals surface area contributed by atoms with E-state index < -0.39 is 11.9 Å². The number of aromatic amines is 1. The van der Waals surface area contributed by atoms with Crippen molar-refractivity contribution in [1.29, 1.82) is 0 Å². The number of hydrogen-bond donors (Lipinski definition) is 2. The summed E-state index contributed by atoms with van der Waals surface area (Å²) in [6.07, 6.45) is 0.363. The van der Waals surface area contributed by atoms with E-state index in [1.807, 2.05) is 72.8 Å². The van der Waals surface area contributed by atoms with Gasteiger partial charge < -0.3 is 28.9 Å². The van der Waals surface area contributed by atoms with Crippen molar-refractivity contribution in [2.24, 2.45) is 7.05 Å². The SMILES string of the molecule is COc1ccc(C(c2[nH]c3ccccc3c2CCOC(=O)c2ccccc2OC)c2c(O)c3ccccc3n(C)c2=O)cc1. The van der Waals surface area contributed by atoms with Crippen molar-refractivity contribution < 1.29 is 24.1 Å². The third-order valence-electron chi connectivity index (χ3n) is 8.10. The number of pyridine rings is 1. The highest BCUT2D eigenvalue weighted by molar-refractivity contribution is 5.92. The summed E-state index contributed by atoms with van der Waals surface area (Å²) in [5, 5.41) is 13.2. The molecule has 44 heavy (non-hydrogen) atoms. The standard InChI is InChI=1S/C36H32N2O6/c1-38-29-14-8-5-11-26(29)34(39)32(35(38)40)31(22-16-18-23(42-2)19-17-22)33-25(24-10-4-7-13-28(24)37-33)20-21-44-36(41)27-12-6-9-15-30(27)43-3/h4-19,31,37,39H,20-21H2,1-3H3. The van der Waals surface area contributed by atoms with Gasteiger partial charge in [0.25, 0.3) is 5.56 Å². The first kappa shape index (κ1) is 28.6. The van der Waals surface area contributed by atoms with Gasteiger partial charge in [0.15, 0.2) is 0 Å². The number of rotatable bonds is 9. The Morgan fingerprint density at radius 3 is 2.30 bits per heavy atom. The number of aryl methyl sites for hydroxylation is 1. The van der Waals surface area contributed by atoms with Gasteiger partial charge in [0, 0.05) is 35.5 Å². The van der Waals surface area contributed by atoms with Crippen LogP contribution >= 0.6 is 0 Å². The van der Waals surface area contributed by atoms with Gasteiger partial charge in [-0.1, -0.05) is 54.6 Å². The minimum atomic E-state index is -0.670. The molecule has 0 saturated heterocycles. The van der Waals surface area contributed by atoms with E-state index in [9.17, 15) is 14.7 Å². The Labute approximate surface area is 254 Å². The number of ether oxygens (including phenoxy) is 3. The predicted molar refractivity (Wildman–Crippen MR) is 170 cm³/mol. The molecule has 2 aromatic heterocycles. The second-order valence-corrected chi connectivity index (χ2v) is 10.5. The molecule has 0 spiro atoms.